The third-order valence-corrected chi connectivity index (χ3v) is 3.52. The number of carbonyl (C=O) groups excluding carboxylic acids is 1. The smallest absolute Gasteiger partial charge is 0.244 e. The van der Waals surface area contributed by atoms with Crippen molar-refractivity contribution in [3.63, 3.8) is 0 Å². The number of methoxy groups -OCH3 is 1. The fourth-order valence-electron chi connectivity index (χ4n) is 1.98. The first kappa shape index (κ1) is 16.1. The molecule has 0 saturated carbocycles. The predicted octanol–water partition coefficient (Wildman–Crippen LogP) is 4.24. The van der Waals surface area contributed by atoms with Crippen LogP contribution in [0.3, 0.4) is 0 Å². The lowest BCUT2D eigenvalue weighted by Gasteiger charge is -2.12. The number of halogens is 1. The Kier molecular flexibility index (Phi) is 5.61. The number of hydrogen-bond donors (Lipinski definition) is 1. The largest absolute Gasteiger partial charge is 0.497 e. The molecule has 0 aliphatic carbocycles. The maximum atomic E-state index is 11.9. The summed E-state index contributed by atoms with van der Waals surface area (Å²) in [5, 5.41) is 3.60. The molecule has 1 amide bonds. The van der Waals surface area contributed by atoms with Crippen LogP contribution in [0.2, 0.25) is 5.02 Å². The first-order chi connectivity index (χ1) is 10.6. The van der Waals surface area contributed by atoms with E-state index in [1.54, 1.807) is 13.2 Å². The molecule has 0 bridgehead atoms. The van der Waals surface area contributed by atoms with E-state index in [2.05, 4.69) is 5.32 Å². The van der Waals surface area contributed by atoms with Gasteiger partial charge in [0.25, 0.3) is 0 Å². The van der Waals surface area contributed by atoms with Crippen LogP contribution in [0.25, 0.3) is 6.08 Å². The molecule has 3 nitrogen and oxygen atoms in total. The molecule has 1 N–H and O–H groups in total. The van der Waals surface area contributed by atoms with Crippen LogP contribution < -0.4 is 10.1 Å². The Balaban J connectivity index is 1.93. The van der Waals surface area contributed by atoms with Gasteiger partial charge in [0.05, 0.1) is 13.2 Å². The minimum absolute atomic E-state index is 0.0784. The van der Waals surface area contributed by atoms with Crippen molar-refractivity contribution in [1.82, 2.24) is 5.32 Å². The van der Waals surface area contributed by atoms with Crippen molar-refractivity contribution >= 4 is 23.6 Å². The Hall–Kier alpha value is -2.26. The minimum atomic E-state index is -0.140. The summed E-state index contributed by atoms with van der Waals surface area (Å²) in [6.07, 6.45) is 3.29. The van der Waals surface area contributed by atoms with Gasteiger partial charge in [0.2, 0.25) is 5.91 Å². The number of carbonyl (C=O) groups is 1. The summed E-state index contributed by atoms with van der Waals surface area (Å²) in [5.74, 6) is 0.649. The van der Waals surface area contributed by atoms with Crippen molar-refractivity contribution in [2.24, 2.45) is 0 Å². The van der Waals surface area contributed by atoms with E-state index < -0.39 is 0 Å². The van der Waals surface area contributed by atoms with Crippen molar-refractivity contribution < 1.29 is 9.53 Å². The summed E-state index contributed by atoms with van der Waals surface area (Å²) in [6, 6.07) is 14.9. The molecule has 0 aliphatic rings. The molecule has 1 atom stereocenters. The lowest BCUT2D eigenvalue weighted by atomic mass is 10.1. The van der Waals surface area contributed by atoms with E-state index >= 15 is 0 Å². The number of hydrogen-bond acceptors (Lipinski definition) is 2. The summed E-state index contributed by atoms with van der Waals surface area (Å²) in [4.78, 5) is 11.9. The summed E-state index contributed by atoms with van der Waals surface area (Å²) < 4.78 is 5.09. The van der Waals surface area contributed by atoms with E-state index in [1.807, 2.05) is 55.5 Å². The number of nitrogens with one attached hydrogen (secondary N) is 1. The van der Waals surface area contributed by atoms with Crippen molar-refractivity contribution in [2.45, 2.75) is 13.0 Å². The van der Waals surface area contributed by atoms with Crippen molar-refractivity contribution in [2.75, 3.05) is 7.11 Å². The molecule has 2 rings (SSSR count). The van der Waals surface area contributed by atoms with Gasteiger partial charge in [-0.1, -0.05) is 35.9 Å². The summed E-state index contributed by atoms with van der Waals surface area (Å²) in [6.45, 7) is 1.93. The van der Waals surface area contributed by atoms with E-state index in [-0.39, 0.29) is 11.9 Å². The first-order valence-electron chi connectivity index (χ1n) is 6.96. The number of amides is 1. The Morgan fingerprint density at radius 3 is 2.36 bits per heavy atom. The fourth-order valence-corrected chi connectivity index (χ4v) is 2.11. The molecular weight excluding hydrogens is 298 g/mol. The lowest BCUT2D eigenvalue weighted by Crippen LogP contribution is -2.24. The third kappa shape index (κ3) is 4.64. The van der Waals surface area contributed by atoms with Crippen molar-refractivity contribution in [1.29, 1.82) is 0 Å². The maximum absolute atomic E-state index is 11.9. The van der Waals surface area contributed by atoms with Crippen LogP contribution in [0.4, 0.5) is 0 Å². The minimum Gasteiger partial charge on any atom is -0.497 e. The lowest BCUT2D eigenvalue weighted by molar-refractivity contribution is -0.117. The molecule has 2 aromatic rings. The number of ether oxygens (including phenoxy) is 1. The molecule has 0 unspecified atom stereocenters. The Morgan fingerprint density at radius 1 is 1.14 bits per heavy atom. The normalized spacial score (nSPS) is 12.1. The molecule has 0 aliphatic heterocycles. The molecule has 4 heteroatoms. The van der Waals surface area contributed by atoms with Gasteiger partial charge in [0.1, 0.15) is 5.75 Å². The SMILES string of the molecule is COc1ccc(/C=C\C(=O)N[C@@H](C)c2ccc(Cl)cc2)cc1. The van der Waals surface area contributed by atoms with E-state index in [0.29, 0.717) is 5.02 Å². The zero-order valence-electron chi connectivity index (χ0n) is 12.5. The van der Waals surface area contributed by atoms with E-state index in [0.717, 1.165) is 16.9 Å². The van der Waals surface area contributed by atoms with Gasteiger partial charge in [-0.05, 0) is 48.4 Å². The molecular formula is C18H18ClNO2. The summed E-state index contributed by atoms with van der Waals surface area (Å²) in [7, 11) is 1.62. The Morgan fingerprint density at radius 2 is 1.77 bits per heavy atom. The van der Waals surface area contributed by atoms with E-state index in [4.69, 9.17) is 16.3 Å². The summed E-state index contributed by atoms with van der Waals surface area (Å²) >= 11 is 5.85. The second-order valence-corrected chi connectivity index (χ2v) is 5.32. The van der Waals surface area contributed by atoms with Gasteiger partial charge < -0.3 is 10.1 Å². The molecule has 0 fully saturated rings. The second kappa shape index (κ2) is 7.66. The van der Waals surface area contributed by atoms with Gasteiger partial charge in [-0.3, -0.25) is 4.79 Å². The number of rotatable bonds is 5. The highest BCUT2D eigenvalue weighted by molar-refractivity contribution is 6.30. The number of benzene rings is 2. The third-order valence-electron chi connectivity index (χ3n) is 3.27. The topological polar surface area (TPSA) is 38.3 Å². The van der Waals surface area contributed by atoms with Crippen LogP contribution in [-0.2, 0) is 4.79 Å². The standard InChI is InChI=1S/C18H18ClNO2/c1-13(15-6-8-16(19)9-7-15)20-18(21)12-5-14-3-10-17(22-2)11-4-14/h3-13H,1-2H3,(H,20,21)/b12-5-/t13-/m0/s1. The van der Waals surface area contributed by atoms with Crippen LogP contribution in [0.1, 0.15) is 24.1 Å². The molecule has 2 aromatic carbocycles. The highest BCUT2D eigenvalue weighted by Crippen LogP contribution is 2.16. The van der Waals surface area contributed by atoms with Crippen LogP contribution in [0.5, 0.6) is 5.75 Å². The highest BCUT2D eigenvalue weighted by Gasteiger charge is 2.07. The van der Waals surface area contributed by atoms with E-state index in [9.17, 15) is 4.79 Å². The van der Waals surface area contributed by atoms with Crippen molar-refractivity contribution in [3.05, 3.63) is 70.8 Å². The summed E-state index contributed by atoms with van der Waals surface area (Å²) in [5.41, 5.74) is 1.95. The van der Waals surface area contributed by atoms with Gasteiger partial charge in [0, 0.05) is 11.1 Å². The molecule has 0 radical (unpaired) electrons. The zero-order chi connectivity index (χ0) is 15.9. The van der Waals surface area contributed by atoms with Crippen molar-refractivity contribution in [3.8, 4) is 5.75 Å². The maximum Gasteiger partial charge on any atom is 0.244 e. The molecule has 22 heavy (non-hydrogen) atoms. The quantitative estimate of drug-likeness (QED) is 0.838. The zero-order valence-corrected chi connectivity index (χ0v) is 13.3. The van der Waals surface area contributed by atoms with Crippen LogP contribution in [0, 0.1) is 0 Å². The Labute approximate surface area is 135 Å². The second-order valence-electron chi connectivity index (χ2n) is 4.89. The fraction of sp³-hybridized carbons (Fsp3) is 0.167. The van der Waals surface area contributed by atoms with Gasteiger partial charge in [-0.15, -0.1) is 0 Å². The van der Waals surface area contributed by atoms with Gasteiger partial charge in [0.15, 0.2) is 0 Å². The molecule has 0 aromatic heterocycles. The van der Waals surface area contributed by atoms with E-state index in [1.165, 1.54) is 6.08 Å². The average molecular weight is 316 g/mol. The van der Waals surface area contributed by atoms with Gasteiger partial charge in [-0.2, -0.15) is 0 Å². The highest BCUT2D eigenvalue weighted by atomic mass is 35.5. The monoisotopic (exact) mass is 315 g/mol. The van der Waals surface area contributed by atoms with Gasteiger partial charge in [-0.25, -0.2) is 0 Å². The molecule has 0 spiro atoms. The predicted molar refractivity (Wildman–Crippen MR) is 90.0 cm³/mol. The van der Waals surface area contributed by atoms with Crippen LogP contribution >= 0.6 is 11.6 Å². The van der Waals surface area contributed by atoms with Gasteiger partial charge >= 0.3 is 0 Å². The molecule has 0 saturated heterocycles. The average Bonchev–Trinajstić information content (AvgIpc) is 2.54. The molecule has 114 valence electrons. The first-order valence-corrected chi connectivity index (χ1v) is 7.34. The Bertz CT molecular complexity index is 648. The molecule has 0 heterocycles. The van der Waals surface area contributed by atoms with Crippen LogP contribution in [-0.4, -0.2) is 13.0 Å². The van der Waals surface area contributed by atoms with Crippen LogP contribution in [0.15, 0.2) is 54.6 Å².